The largest absolute Gasteiger partial charge is 0.477 e. The maximum absolute atomic E-state index is 12.5. The number of amides is 1. The Bertz CT molecular complexity index is 884. The Morgan fingerprint density at radius 3 is 2.52 bits per heavy atom. The molecule has 2 aromatic heterocycles. The van der Waals surface area contributed by atoms with Crippen LogP contribution >= 0.6 is 0 Å². The van der Waals surface area contributed by atoms with Gasteiger partial charge in [-0.05, 0) is 30.9 Å². The topological polar surface area (TPSA) is 108 Å². The number of fused-ring (bicyclic) bond motifs is 1. The SMILES string of the molecule is CC(=O)N1c2cnc(C(=O)O)cc2C(Nc2ncccn2)[C@@H](C)[C@@H]1C1CC1. The van der Waals surface area contributed by atoms with Gasteiger partial charge in [0.1, 0.15) is 5.69 Å². The van der Waals surface area contributed by atoms with E-state index in [1.165, 1.54) is 6.20 Å². The van der Waals surface area contributed by atoms with Crippen molar-refractivity contribution in [1.82, 2.24) is 15.0 Å². The lowest BCUT2D eigenvalue weighted by Crippen LogP contribution is -2.51. The molecule has 0 radical (unpaired) electrons. The zero-order valence-corrected chi connectivity index (χ0v) is 15.2. The van der Waals surface area contributed by atoms with E-state index >= 15 is 0 Å². The smallest absolute Gasteiger partial charge is 0.354 e. The Balaban J connectivity index is 1.84. The lowest BCUT2D eigenvalue weighted by molar-refractivity contribution is -0.117. The van der Waals surface area contributed by atoms with Crippen LogP contribution in [0.1, 0.15) is 48.8 Å². The first-order valence-corrected chi connectivity index (χ1v) is 9.04. The van der Waals surface area contributed by atoms with Crippen LogP contribution in [-0.4, -0.2) is 38.0 Å². The molecular formula is C19H21N5O3. The van der Waals surface area contributed by atoms with Crippen molar-refractivity contribution in [3.63, 3.8) is 0 Å². The van der Waals surface area contributed by atoms with Crippen LogP contribution in [0.25, 0.3) is 0 Å². The minimum absolute atomic E-state index is 0.0358. The predicted octanol–water partition coefficient (Wildman–Crippen LogP) is 2.50. The standard InChI is InChI=1S/C19H21N5O3/c1-10-16(23-19-20-6-3-7-21-19)13-8-14(18(26)27)22-9-15(13)24(11(2)25)17(10)12-4-5-12/h3,6-10,12,16-17H,4-5H2,1-2H3,(H,26,27)(H,20,21,23)/t10-,16?,17-/m1/s1. The predicted molar refractivity (Wildman–Crippen MR) is 98.4 cm³/mol. The van der Waals surface area contributed by atoms with E-state index in [1.807, 2.05) is 0 Å². The van der Waals surface area contributed by atoms with E-state index in [9.17, 15) is 14.7 Å². The summed E-state index contributed by atoms with van der Waals surface area (Å²) in [5.74, 6) is -0.183. The Morgan fingerprint density at radius 2 is 1.93 bits per heavy atom. The van der Waals surface area contributed by atoms with Gasteiger partial charge in [0.2, 0.25) is 11.9 Å². The second kappa shape index (κ2) is 6.61. The highest BCUT2D eigenvalue weighted by molar-refractivity contribution is 5.95. The van der Waals surface area contributed by atoms with Crippen molar-refractivity contribution in [2.75, 3.05) is 10.2 Å². The number of aromatic carboxylic acids is 1. The molecule has 2 aliphatic rings. The first-order chi connectivity index (χ1) is 13.0. The number of carbonyl (C=O) groups excluding carboxylic acids is 1. The van der Waals surface area contributed by atoms with Gasteiger partial charge in [0, 0.05) is 36.8 Å². The molecule has 1 fully saturated rings. The molecule has 1 amide bonds. The molecule has 2 N–H and O–H groups in total. The van der Waals surface area contributed by atoms with Crippen LogP contribution in [0.4, 0.5) is 11.6 Å². The molecule has 0 bridgehead atoms. The van der Waals surface area contributed by atoms with Crippen LogP contribution < -0.4 is 10.2 Å². The normalized spacial score (nSPS) is 24.2. The third-order valence-corrected chi connectivity index (χ3v) is 5.38. The molecule has 0 aromatic carbocycles. The van der Waals surface area contributed by atoms with Gasteiger partial charge in [0.25, 0.3) is 0 Å². The number of aromatic nitrogens is 3. The number of hydrogen-bond donors (Lipinski definition) is 2. The summed E-state index contributed by atoms with van der Waals surface area (Å²) in [6.45, 7) is 3.63. The quantitative estimate of drug-likeness (QED) is 0.854. The number of rotatable bonds is 4. The van der Waals surface area contributed by atoms with Gasteiger partial charge in [0.15, 0.2) is 0 Å². The molecule has 27 heavy (non-hydrogen) atoms. The molecule has 1 aliphatic carbocycles. The lowest BCUT2D eigenvalue weighted by Gasteiger charge is -2.45. The summed E-state index contributed by atoms with van der Waals surface area (Å²) >= 11 is 0. The van der Waals surface area contributed by atoms with Gasteiger partial charge in [0.05, 0.1) is 17.9 Å². The fraction of sp³-hybridized carbons (Fsp3) is 0.421. The van der Waals surface area contributed by atoms with E-state index in [0.29, 0.717) is 17.6 Å². The van der Waals surface area contributed by atoms with Crippen molar-refractivity contribution in [2.24, 2.45) is 11.8 Å². The summed E-state index contributed by atoms with van der Waals surface area (Å²) in [6, 6.07) is 3.10. The monoisotopic (exact) mass is 367 g/mol. The van der Waals surface area contributed by atoms with Crippen molar-refractivity contribution in [1.29, 1.82) is 0 Å². The molecule has 0 spiro atoms. The van der Waals surface area contributed by atoms with Crippen LogP contribution in [0.5, 0.6) is 0 Å². The lowest BCUT2D eigenvalue weighted by atomic mass is 9.80. The van der Waals surface area contributed by atoms with E-state index in [2.05, 4.69) is 27.2 Å². The van der Waals surface area contributed by atoms with Crippen molar-refractivity contribution in [2.45, 2.75) is 38.8 Å². The Hall–Kier alpha value is -3.03. The van der Waals surface area contributed by atoms with E-state index in [4.69, 9.17) is 0 Å². The van der Waals surface area contributed by atoms with Crippen LogP contribution in [0.15, 0.2) is 30.7 Å². The molecule has 1 saturated carbocycles. The number of anilines is 2. The number of hydrogen-bond acceptors (Lipinski definition) is 6. The molecule has 8 heteroatoms. The molecule has 3 atom stereocenters. The van der Waals surface area contributed by atoms with Crippen LogP contribution in [0.2, 0.25) is 0 Å². The van der Waals surface area contributed by atoms with E-state index in [1.54, 1.807) is 36.4 Å². The Kier molecular flexibility index (Phi) is 4.25. The number of carbonyl (C=O) groups is 2. The third-order valence-electron chi connectivity index (χ3n) is 5.38. The minimum atomic E-state index is -1.10. The van der Waals surface area contributed by atoms with Gasteiger partial charge in [-0.2, -0.15) is 0 Å². The fourth-order valence-electron chi connectivity index (χ4n) is 4.09. The molecule has 3 heterocycles. The van der Waals surface area contributed by atoms with Crippen LogP contribution in [0.3, 0.4) is 0 Å². The zero-order valence-electron chi connectivity index (χ0n) is 15.2. The number of carboxylic acids is 1. The van der Waals surface area contributed by atoms with Gasteiger partial charge in [-0.3, -0.25) is 4.79 Å². The second-order valence-electron chi connectivity index (χ2n) is 7.20. The highest BCUT2D eigenvalue weighted by Gasteiger charge is 2.48. The van der Waals surface area contributed by atoms with Crippen molar-refractivity contribution >= 4 is 23.5 Å². The average molecular weight is 367 g/mol. The zero-order chi connectivity index (χ0) is 19.1. The summed E-state index contributed by atoms with van der Waals surface area (Å²) in [6.07, 6.45) is 6.98. The van der Waals surface area contributed by atoms with Crippen LogP contribution in [-0.2, 0) is 4.79 Å². The molecular weight excluding hydrogens is 346 g/mol. The number of carboxylic acid groups (broad SMARTS) is 1. The maximum atomic E-state index is 12.5. The molecule has 0 saturated heterocycles. The van der Waals surface area contributed by atoms with Crippen molar-refractivity contribution < 1.29 is 14.7 Å². The summed E-state index contributed by atoms with van der Waals surface area (Å²) in [4.78, 5) is 38.2. The van der Waals surface area contributed by atoms with Crippen LogP contribution in [0, 0.1) is 11.8 Å². The highest BCUT2D eigenvalue weighted by atomic mass is 16.4. The molecule has 4 rings (SSSR count). The van der Waals surface area contributed by atoms with Gasteiger partial charge in [-0.1, -0.05) is 6.92 Å². The highest BCUT2D eigenvalue weighted by Crippen LogP contribution is 2.49. The summed E-state index contributed by atoms with van der Waals surface area (Å²) in [5.41, 5.74) is 1.35. The van der Waals surface area contributed by atoms with Gasteiger partial charge < -0.3 is 15.3 Å². The minimum Gasteiger partial charge on any atom is -0.477 e. The van der Waals surface area contributed by atoms with Gasteiger partial charge in [-0.25, -0.2) is 19.7 Å². The number of nitrogens with zero attached hydrogens (tertiary/aromatic N) is 4. The van der Waals surface area contributed by atoms with Gasteiger partial charge >= 0.3 is 5.97 Å². The third kappa shape index (κ3) is 3.11. The molecule has 1 unspecified atom stereocenters. The summed E-state index contributed by atoms with van der Waals surface area (Å²) < 4.78 is 0. The van der Waals surface area contributed by atoms with E-state index < -0.39 is 5.97 Å². The number of nitrogens with one attached hydrogen (secondary N) is 1. The maximum Gasteiger partial charge on any atom is 0.354 e. The van der Waals surface area contributed by atoms with Crippen molar-refractivity contribution in [3.05, 3.63) is 42.0 Å². The number of pyridine rings is 1. The fourth-order valence-corrected chi connectivity index (χ4v) is 4.09. The second-order valence-corrected chi connectivity index (χ2v) is 7.20. The van der Waals surface area contributed by atoms with Gasteiger partial charge in [-0.15, -0.1) is 0 Å². The first kappa shape index (κ1) is 17.4. The Labute approximate surface area is 156 Å². The first-order valence-electron chi connectivity index (χ1n) is 9.04. The van der Waals surface area contributed by atoms with E-state index in [-0.39, 0.29) is 29.6 Å². The molecule has 8 nitrogen and oxygen atoms in total. The summed E-state index contributed by atoms with van der Waals surface area (Å²) in [5, 5.41) is 12.7. The Morgan fingerprint density at radius 1 is 1.22 bits per heavy atom. The molecule has 140 valence electrons. The average Bonchev–Trinajstić information content (AvgIpc) is 3.48. The van der Waals surface area contributed by atoms with Crippen molar-refractivity contribution in [3.8, 4) is 0 Å². The van der Waals surface area contributed by atoms with E-state index in [0.717, 1.165) is 18.4 Å². The molecule has 2 aromatic rings. The summed E-state index contributed by atoms with van der Waals surface area (Å²) in [7, 11) is 0. The molecule has 1 aliphatic heterocycles.